The number of carbonyl (C=O) groups excluding carboxylic acids is 1. The molecule has 0 radical (unpaired) electrons. The second kappa shape index (κ2) is 5.63. The zero-order valence-corrected chi connectivity index (χ0v) is 11.2. The molecule has 2 aliphatic rings. The van der Waals surface area contributed by atoms with Crippen molar-refractivity contribution in [3.05, 3.63) is 35.9 Å². The van der Waals surface area contributed by atoms with Crippen molar-refractivity contribution in [1.29, 1.82) is 0 Å². The molecule has 0 spiro atoms. The van der Waals surface area contributed by atoms with E-state index in [9.17, 15) is 9.90 Å². The van der Waals surface area contributed by atoms with Crippen LogP contribution >= 0.6 is 0 Å². The molecule has 1 N–H and O–H groups in total. The Morgan fingerprint density at radius 3 is 2.95 bits per heavy atom. The summed E-state index contributed by atoms with van der Waals surface area (Å²) in [4.78, 5) is 19.4. The van der Waals surface area contributed by atoms with Crippen molar-refractivity contribution < 1.29 is 14.7 Å². The van der Waals surface area contributed by atoms with Crippen LogP contribution in [0, 0.1) is 0 Å². The van der Waals surface area contributed by atoms with E-state index in [-0.39, 0.29) is 18.6 Å². The van der Waals surface area contributed by atoms with Gasteiger partial charge in [-0.25, -0.2) is 0 Å². The van der Waals surface area contributed by atoms with Crippen molar-refractivity contribution in [2.24, 2.45) is 5.16 Å². The molecule has 1 unspecified atom stereocenters. The van der Waals surface area contributed by atoms with E-state index in [1.165, 1.54) is 0 Å². The lowest BCUT2D eigenvalue weighted by molar-refractivity contribution is -0.143. The maximum atomic E-state index is 12.4. The molecule has 0 aliphatic carbocycles. The number of nitrogens with zero attached hydrogens (tertiary/aromatic N) is 2. The molecule has 2 heterocycles. The van der Waals surface area contributed by atoms with Crippen LogP contribution in [0.2, 0.25) is 0 Å². The van der Waals surface area contributed by atoms with Crippen molar-refractivity contribution in [3.63, 3.8) is 0 Å². The largest absolute Gasteiger partial charge is 0.394 e. The average molecular weight is 274 g/mol. The number of amides is 1. The predicted molar refractivity (Wildman–Crippen MR) is 74.3 cm³/mol. The summed E-state index contributed by atoms with van der Waals surface area (Å²) in [6.45, 7) is 0.718. The molecule has 1 saturated heterocycles. The van der Waals surface area contributed by atoms with E-state index in [1.54, 1.807) is 4.90 Å². The lowest BCUT2D eigenvalue weighted by atomic mass is 10.0. The molecule has 3 rings (SSSR count). The second-order valence-corrected chi connectivity index (χ2v) is 5.21. The fourth-order valence-corrected chi connectivity index (χ4v) is 2.81. The summed E-state index contributed by atoms with van der Waals surface area (Å²) >= 11 is 0. The fourth-order valence-electron chi connectivity index (χ4n) is 2.81. The van der Waals surface area contributed by atoms with Crippen LogP contribution in [0.3, 0.4) is 0 Å². The van der Waals surface area contributed by atoms with E-state index in [2.05, 4.69) is 5.16 Å². The van der Waals surface area contributed by atoms with Gasteiger partial charge < -0.3 is 14.8 Å². The van der Waals surface area contributed by atoms with E-state index >= 15 is 0 Å². The van der Waals surface area contributed by atoms with Gasteiger partial charge in [-0.05, 0) is 18.4 Å². The van der Waals surface area contributed by atoms with Crippen LogP contribution in [0.5, 0.6) is 0 Å². The first-order chi connectivity index (χ1) is 9.79. The summed E-state index contributed by atoms with van der Waals surface area (Å²) in [7, 11) is 0. The number of aliphatic hydroxyl groups excluding tert-OH is 1. The highest BCUT2D eigenvalue weighted by Crippen LogP contribution is 2.23. The summed E-state index contributed by atoms with van der Waals surface area (Å²) in [5.74, 6) is -0.0590. The van der Waals surface area contributed by atoms with Gasteiger partial charge in [0.15, 0.2) is 0 Å². The molecule has 0 saturated carbocycles. The normalized spacial score (nSPS) is 25.4. The van der Waals surface area contributed by atoms with Gasteiger partial charge in [-0.2, -0.15) is 0 Å². The van der Waals surface area contributed by atoms with Gasteiger partial charge in [0, 0.05) is 13.0 Å². The first kappa shape index (κ1) is 13.1. The topological polar surface area (TPSA) is 62.1 Å². The van der Waals surface area contributed by atoms with Crippen molar-refractivity contribution in [2.75, 3.05) is 13.2 Å². The van der Waals surface area contributed by atoms with E-state index < -0.39 is 6.10 Å². The van der Waals surface area contributed by atoms with Crippen LogP contribution in [-0.2, 0) is 9.63 Å². The number of oxime groups is 1. The highest BCUT2D eigenvalue weighted by molar-refractivity contribution is 6.04. The Balaban J connectivity index is 1.65. The molecule has 1 amide bonds. The number of aliphatic hydroxyl groups is 1. The molecular weight excluding hydrogens is 256 g/mol. The summed E-state index contributed by atoms with van der Waals surface area (Å²) in [5.41, 5.74) is 1.80. The number of benzene rings is 1. The summed E-state index contributed by atoms with van der Waals surface area (Å²) < 4.78 is 0. The van der Waals surface area contributed by atoms with E-state index in [0.717, 1.165) is 24.1 Å². The molecule has 2 atom stereocenters. The van der Waals surface area contributed by atoms with Gasteiger partial charge in [-0.1, -0.05) is 35.5 Å². The van der Waals surface area contributed by atoms with Gasteiger partial charge in [0.05, 0.1) is 18.4 Å². The van der Waals surface area contributed by atoms with E-state index in [4.69, 9.17) is 4.84 Å². The minimum absolute atomic E-state index is 0.0187. The molecule has 1 aromatic rings. The average Bonchev–Trinajstić information content (AvgIpc) is 3.16. The molecule has 1 aromatic carbocycles. The Morgan fingerprint density at radius 1 is 1.40 bits per heavy atom. The van der Waals surface area contributed by atoms with Crippen molar-refractivity contribution in [2.45, 2.75) is 31.4 Å². The lowest BCUT2D eigenvalue weighted by Gasteiger charge is -2.24. The number of hydrogen-bond donors (Lipinski definition) is 1. The highest BCUT2D eigenvalue weighted by Gasteiger charge is 2.37. The minimum atomic E-state index is -0.544. The van der Waals surface area contributed by atoms with Gasteiger partial charge in [0.2, 0.25) is 6.10 Å². The van der Waals surface area contributed by atoms with Crippen molar-refractivity contribution in [3.8, 4) is 0 Å². The SMILES string of the molecule is O=C(C1CC(c2ccccc2)=NO1)N1CCC[C@@H]1CO. The smallest absolute Gasteiger partial charge is 0.267 e. The monoisotopic (exact) mass is 274 g/mol. The van der Waals surface area contributed by atoms with Gasteiger partial charge in [-0.15, -0.1) is 0 Å². The third-order valence-electron chi connectivity index (χ3n) is 3.92. The third-order valence-corrected chi connectivity index (χ3v) is 3.92. The fraction of sp³-hybridized carbons (Fsp3) is 0.467. The van der Waals surface area contributed by atoms with Crippen LogP contribution in [-0.4, -0.2) is 46.9 Å². The Morgan fingerprint density at radius 2 is 2.20 bits per heavy atom. The molecule has 5 nitrogen and oxygen atoms in total. The zero-order valence-electron chi connectivity index (χ0n) is 11.2. The first-order valence-electron chi connectivity index (χ1n) is 6.99. The maximum Gasteiger partial charge on any atom is 0.267 e. The number of rotatable bonds is 3. The molecule has 0 aromatic heterocycles. The second-order valence-electron chi connectivity index (χ2n) is 5.21. The predicted octanol–water partition coefficient (Wildman–Crippen LogP) is 1.16. The number of carbonyl (C=O) groups is 1. The lowest BCUT2D eigenvalue weighted by Crippen LogP contribution is -2.43. The maximum absolute atomic E-state index is 12.4. The van der Waals surface area contributed by atoms with Crippen molar-refractivity contribution in [1.82, 2.24) is 4.90 Å². The molecule has 106 valence electrons. The molecule has 5 heteroatoms. The number of hydrogen-bond acceptors (Lipinski definition) is 4. The van der Waals surface area contributed by atoms with Gasteiger partial charge >= 0.3 is 0 Å². The van der Waals surface area contributed by atoms with Crippen molar-refractivity contribution >= 4 is 11.6 Å². The van der Waals surface area contributed by atoms with Gasteiger partial charge in [0.1, 0.15) is 0 Å². The molecule has 0 bridgehead atoms. The molecule has 2 aliphatic heterocycles. The summed E-state index contributed by atoms with van der Waals surface area (Å²) in [5, 5.41) is 13.3. The standard InChI is InChI=1S/C15H18N2O3/c18-10-12-7-4-8-17(12)15(19)14-9-13(16-20-14)11-5-2-1-3-6-11/h1-3,5-6,12,14,18H,4,7-10H2/t12-,14?/m1/s1. The third kappa shape index (κ3) is 2.41. The molecule has 20 heavy (non-hydrogen) atoms. The highest BCUT2D eigenvalue weighted by atomic mass is 16.6. The van der Waals surface area contributed by atoms with Crippen LogP contribution < -0.4 is 0 Å². The van der Waals surface area contributed by atoms with Crippen LogP contribution in [0.4, 0.5) is 0 Å². The quantitative estimate of drug-likeness (QED) is 0.899. The summed E-state index contributed by atoms with van der Waals surface area (Å²) in [6.07, 6.45) is 1.76. The number of likely N-dealkylation sites (tertiary alicyclic amines) is 1. The molecule has 1 fully saturated rings. The Labute approximate surface area is 117 Å². The van der Waals surface area contributed by atoms with Crippen LogP contribution in [0.1, 0.15) is 24.8 Å². The first-order valence-corrected chi connectivity index (χ1v) is 6.99. The summed E-state index contributed by atoms with van der Waals surface area (Å²) in [6, 6.07) is 9.68. The molecular formula is C15H18N2O3. The Kier molecular flexibility index (Phi) is 3.69. The van der Waals surface area contributed by atoms with E-state index in [1.807, 2.05) is 30.3 Å². The Hall–Kier alpha value is -1.88. The zero-order chi connectivity index (χ0) is 13.9. The van der Waals surface area contributed by atoms with Crippen LogP contribution in [0.25, 0.3) is 0 Å². The Bertz CT molecular complexity index is 515. The van der Waals surface area contributed by atoms with Gasteiger partial charge in [0.25, 0.3) is 5.91 Å². The minimum Gasteiger partial charge on any atom is -0.394 e. The van der Waals surface area contributed by atoms with E-state index in [0.29, 0.717) is 13.0 Å². The van der Waals surface area contributed by atoms with Gasteiger partial charge in [-0.3, -0.25) is 4.79 Å². The van der Waals surface area contributed by atoms with Crippen LogP contribution in [0.15, 0.2) is 35.5 Å².